The monoisotopic (exact) mass is 362 g/mol. The summed E-state index contributed by atoms with van der Waals surface area (Å²) in [5.41, 5.74) is 2.67. The normalized spacial score (nSPS) is 22.7. The largest absolute Gasteiger partial charge is 0.349 e. The van der Waals surface area contributed by atoms with E-state index in [9.17, 15) is 9.59 Å². The Bertz CT molecular complexity index is 850. The molecule has 3 fully saturated rings. The highest BCUT2D eigenvalue weighted by Gasteiger charge is 2.48. The molecule has 2 atom stereocenters. The summed E-state index contributed by atoms with van der Waals surface area (Å²) in [6.07, 6.45) is -0.309. The molecule has 2 bridgehead atoms. The first-order chi connectivity index (χ1) is 13.1. The molecule has 5 nitrogen and oxygen atoms in total. The molecule has 27 heavy (non-hydrogen) atoms. The molecule has 5 rings (SSSR count). The fourth-order valence-electron chi connectivity index (χ4n) is 3.69. The highest BCUT2D eigenvalue weighted by Crippen LogP contribution is 2.30. The molecule has 3 aliphatic heterocycles. The Balaban J connectivity index is 1.66. The average Bonchev–Trinajstić information content (AvgIpc) is 2.68. The van der Waals surface area contributed by atoms with Crippen LogP contribution in [0.15, 0.2) is 72.8 Å². The SMILES string of the molecule is C=C1CCOC2C(=O)N(Cc3ccccc3)[C@@H]1C(=O)N2Cc1ccccc1. The summed E-state index contributed by atoms with van der Waals surface area (Å²) in [6, 6.07) is 18.7. The number of nitrogens with zero attached hydrogens (tertiary/aromatic N) is 2. The molecule has 3 saturated heterocycles. The van der Waals surface area contributed by atoms with Gasteiger partial charge in [-0.15, -0.1) is 0 Å². The number of fused-ring (bicyclic) bond motifs is 5. The van der Waals surface area contributed by atoms with Gasteiger partial charge >= 0.3 is 0 Å². The molecule has 1 unspecified atom stereocenters. The molecule has 2 aromatic rings. The summed E-state index contributed by atoms with van der Waals surface area (Å²) in [4.78, 5) is 29.7. The maximum Gasteiger partial charge on any atom is 0.274 e. The van der Waals surface area contributed by atoms with Crippen LogP contribution < -0.4 is 0 Å². The third-order valence-corrected chi connectivity index (χ3v) is 5.08. The van der Waals surface area contributed by atoms with Gasteiger partial charge in [0.1, 0.15) is 6.04 Å². The van der Waals surface area contributed by atoms with Crippen molar-refractivity contribution in [2.24, 2.45) is 0 Å². The maximum atomic E-state index is 13.3. The number of carbonyl (C=O) groups excluding carboxylic acids is 2. The second-order valence-corrected chi connectivity index (χ2v) is 6.94. The van der Waals surface area contributed by atoms with Gasteiger partial charge < -0.3 is 14.5 Å². The van der Waals surface area contributed by atoms with Crippen molar-refractivity contribution in [3.63, 3.8) is 0 Å². The predicted octanol–water partition coefficient (Wildman–Crippen LogP) is 2.73. The first kappa shape index (κ1) is 17.5. The lowest BCUT2D eigenvalue weighted by molar-refractivity contribution is -0.186. The number of piperazine rings is 1. The second-order valence-electron chi connectivity index (χ2n) is 6.94. The first-order valence-electron chi connectivity index (χ1n) is 9.13. The van der Waals surface area contributed by atoms with E-state index in [1.54, 1.807) is 9.80 Å². The summed E-state index contributed by atoms with van der Waals surface area (Å²) < 4.78 is 5.83. The van der Waals surface area contributed by atoms with Crippen LogP contribution in [0.2, 0.25) is 0 Å². The number of ether oxygens (including phenoxy) is 1. The molecule has 2 amide bonds. The molecule has 138 valence electrons. The molecule has 0 spiro atoms. The lowest BCUT2D eigenvalue weighted by Crippen LogP contribution is -2.66. The Labute approximate surface area is 158 Å². The predicted molar refractivity (Wildman–Crippen MR) is 101 cm³/mol. The number of hydrogen-bond acceptors (Lipinski definition) is 3. The van der Waals surface area contributed by atoms with Gasteiger partial charge in [-0.1, -0.05) is 67.2 Å². The van der Waals surface area contributed by atoms with Gasteiger partial charge in [-0.05, 0) is 23.1 Å². The standard InChI is InChI=1S/C22H22N2O3/c1-16-12-13-27-22-21(26)23(14-17-8-4-2-5-9-17)19(16)20(25)24(22)15-18-10-6-3-7-11-18/h2-11,19,22H,1,12-15H2/t19-,22?/m0/s1. The zero-order valence-corrected chi connectivity index (χ0v) is 15.1. The number of rotatable bonds is 4. The highest BCUT2D eigenvalue weighted by atomic mass is 16.5. The summed E-state index contributed by atoms with van der Waals surface area (Å²) in [7, 11) is 0. The van der Waals surface area contributed by atoms with E-state index in [4.69, 9.17) is 4.74 Å². The topological polar surface area (TPSA) is 49.9 Å². The maximum absolute atomic E-state index is 13.3. The van der Waals surface area contributed by atoms with Gasteiger partial charge in [0, 0.05) is 13.1 Å². The summed E-state index contributed by atoms with van der Waals surface area (Å²) >= 11 is 0. The van der Waals surface area contributed by atoms with E-state index in [1.807, 2.05) is 60.7 Å². The lowest BCUT2D eigenvalue weighted by Gasteiger charge is -2.47. The third kappa shape index (κ3) is 3.38. The Kier molecular flexibility index (Phi) is 4.77. The van der Waals surface area contributed by atoms with Crippen molar-refractivity contribution >= 4 is 11.8 Å². The van der Waals surface area contributed by atoms with Gasteiger partial charge in [0.2, 0.25) is 6.23 Å². The summed E-state index contributed by atoms with van der Waals surface area (Å²) in [6.45, 7) is 5.20. The fourth-order valence-corrected chi connectivity index (χ4v) is 3.69. The van der Waals surface area contributed by atoms with Crippen molar-refractivity contribution in [1.82, 2.24) is 9.80 Å². The molecule has 3 aliphatic rings. The fraction of sp³-hybridized carbons (Fsp3) is 0.273. The van der Waals surface area contributed by atoms with Crippen molar-refractivity contribution < 1.29 is 14.3 Å². The van der Waals surface area contributed by atoms with Gasteiger partial charge in [0.25, 0.3) is 11.8 Å². The van der Waals surface area contributed by atoms with Gasteiger partial charge in [-0.25, -0.2) is 0 Å². The minimum Gasteiger partial charge on any atom is -0.349 e. The van der Waals surface area contributed by atoms with Crippen molar-refractivity contribution in [3.8, 4) is 0 Å². The van der Waals surface area contributed by atoms with Crippen LogP contribution in [-0.2, 0) is 27.4 Å². The van der Waals surface area contributed by atoms with Crippen LogP contribution in [-0.4, -0.2) is 40.5 Å². The Morgan fingerprint density at radius 3 is 2.00 bits per heavy atom. The van der Waals surface area contributed by atoms with E-state index in [0.29, 0.717) is 26.1 Å². The van der Waals surface area contributed by atoms with Crippen molar-refractivity contribution in [3.05, 3.63) is 83.9 Å². The van der Waals surface area contributed by atoms with Crippen LogP contribution in [0.4, 0.5) is 0 Å². The van der Waals surface area contributed by atoms with Crippen LogP contribution in [0, 0.1) is 0 Å². The smallest absolute Gasteiger partial charge is 0.274 e. The molecule has 2 aromatic carbocycles. The van der Waals surface area contributed by atoms with E-state index in [1.165, 1.54) is 0 Å². The number of carbonyl (C=O) groups is 2. The van der Waals surface area contributed by atoms with Gasteiger partial charge in [-0.2, -0.15) is 0 Å². The van der Waals surface area contributed by atoms with E-state index in [-0.39, 0.29) is 11.8 Å². The van der Waals surface area contributed by atoms with Crippen LogP contribution in [0.1, 0.15) is 17.5 Å². The number of benzene rings is 2. The molecule has 0 N–H and O–H groups in total. The molecular weight excluding hydrogens is 340 g/mol. The molecule has 0 radical (unpaired) electrons. The lowest BCUT2D eigenvalue weighted by atomic mass is 9.96. The Morgan fingerprint density at radius 1 is 0.852 bits per heavy atom. The zero-order chi connectivity index (χ0) is 18.8. The van der Waals surface area contributed by atoms with E-state index >= 15 is 0 Å². The van der Waals surface area contributed by atoms with Gasteiger partial charge in [0.05, 0.1) is 6.61 Å². The van der Waals surface area contributed by atoms with Gasteiger partial charge in [-0.3, -0.25) is 9.59 Å². The number of amides is 2. The molecule has 0 aromatic heterocycles. The molecule has 0 aliphatic carbocycles. The van der Waals surface area contributed by atoms with Crippen LogP contribution in [0.25, 0.3) is 0 Å². The van der Waals surface area contributed by atoms with E-state index < -0.39 is 12.3 Å². The van der Waals surface area contributed by atoms with Crippen molar-refractivity contribution in [2.45, 2.75) is 31.8 Å². The minimum absolute atomic E-state index is 0.121. The quantitative estimate of drug-likeness (QED) is 0.786. The third-order valence-electron chi connectivity index (χ3n) is 5.08. The Hall–Kier alpha value is -2.92. The minimum atomic E-state index is -0.884. The molecule has 0 saturated carbocycles. The summed E-state index contributed by atoms with van der Waals surface area (Å²) in [5, 5.41) is 0. The van der Waals surface area contributed by atoms with E-state index in [2.05, 4.69) is 6.58 Å². The second kappa shape index (κ2) is 7.37. The Morgan fingerprint density at radius 2 is 1.41 bits per heavy atom. The first-order valence-corrected chi connectivity index (χ1v) is 9.13. The number of hydrogen-bond donors (Lipinski definition) is 0. The zero-order valence-electron chi connectivity index (χ0n) is 15.1. The highest BCUT2D eigenvalue weighted by molar-refractivity contribution is 5.98. The van der Waals surface area contributed by atoms with Gasteiger partial charge in [0.15, 0.2) is 0 Å². The summed E-state index contributed by atoms with van der Waals surface area (Å²) in [5.74, 6) is -0.302. The van der Waals surface area contributed by atoms with Crippen molar-refractivity contribution in [1.29, 1.82) is 0 Å². The van der Waals surface area contributed by atoms with Crippen molar-refractivity contribution in [2.75, 3.05) is 6.61 Å². The van der Waals surface area contributed by atoms with Crippen LogP contribution in [0.3, 0.4) is 0 Å². The van der Waals surface area contributed by atoms with Crippen LogP contribution >= 0.6 is 0 Å². The van der Waals surface area contributed by atoms with Crippen LogP contribution in [0.5, 0.6) is 0 Å². The molecule has 3 heterocycles. The molecule has 5 heteroatoms. The molecular formula is C22H22N2O3. The average molecular weight is 362 g/mol. The van der Waals surface area contributed by atoms with E-state index in [0.717, 1.165) is 16.7 Å².